The number of nitriles is 1. The Labute approximate surface area is 127 Å². The summed E-state index contributed by atoms with van der Waals surface area (Å²) in [4.78, 5) is 0. The van der Waals surface area contributed by atoms with Crippen molar-refractivity contribution < 1.29 is 14.0 Å². The third-order valence-electron chi connectivity index (χ3n) is 2.69. The van der Waals surface area contributed by atoms with Crippen molar-refractivity contribution in [1.82, 2.24) is 0 Å². The molecule has 0 amide bonds. The van der Waals surface area contributed by atoms with Gasteiger partial charge in [-0.3, -0.25) is 0 Å². The molecule has 0 atom stereocenters. The molecule has 0 saturated carbocycles. The zero-order valence-corrected chi connectivity index (χ0v) is 11.7. The molecule has 0 saturated heterocycles. The van der Waals surface area contributed by atoms with Gasteiger partial charge in [0.25, 0.3) is 0 Å². The summed E-state index contributed by atoms with van der Waals surface area (Å²) in [6.07, 6.45) is 0.274. The van der Waals surface area contributed by atoms with Gasteiger partial charge in [0.1, 0.15) is 17.5 Å². The molecule has 0 unspecified atom stereocenters. The minimum Gasteiger partial charge on any atom is -0.409 e. The van der Waals surface area contributed by atoms with Crippen LogP contribution in [-0.4, -0.2) is 11.0 Å². The normalized spacial score (nSPS) is 10.3. The van der Waals surface area contributed by atoms with Crippen LogP contribution in [-0.2, 0) is 12.8 Å². The Balaban J connectivity index is 0.000000224. The van der Waals surface area contributed by atoms with Crippen LogP contribution < -0.4 is 5.73 Å². The molecule has 0 aromatic heterocycles. The molecule has 0 bridgehead atoms. The molecule has 0 aliphatic heterocycles. The lowest BCUT2D eigenvalue weighted by atomic mass is 10.1. The van der Waals surface area contributed by atoms with Gasteiger partial charge in [-0.15, -0.1) is 0 Å². The lowest BCUT2D eigenvalue weighted by molar-refractivity contribution is 0.317. The Morgan fingerprint density at radius 3 is 2.00 bits per heavy atom. The van der Waals surface area contributed by atoms with Gasteiger partial charge in [-0.2, -0.15) is 5.26 Å². The number of rotatable bonds is 3. The summed E-state index contributed by atoms with van der Waals surface area (Å²) in [6, 6.07) is 14.4. The van der Waals surface area contributed by atoms with Crippen LogP contribution in [0.15, 0.2) is 53.7 Å². The smallest absolute Gasteiger partial charge is 0.143 e. The van der Waals surface area contributed by atoms with Crippen molar-refractivity contribution in [2.75, 3.05) is 0 Å². The quantitative estimate of drug-likeness (QED) is 0.396. The predicted molar refractivity (Wildman–Crippen MR) is 79.2 cm³/mol. The van der Waals surface area contributed by atoms with Gasteiger partial charge in [0.2, 0.25) is 0 Å². The van der Waals surface area contributed by atoms with E-state index in [1.807, 2.05) is 6.07 Å². The number of nitrogens with two attached hydrogens (primary N) is 1. The van der Waals surface area contributed by atoms with Gasteiger partial charge in [0.15, 0.2) is 0 Å². The minimum atomic E-state index is -0.343. The first-order chi connectivity index (χ1) is 10.6. The van der Waals surface area contributed by atoms with Crippen LogP contribution in [0.3, 0.4) is 0 Å². The first kappa shape index (κ1) is 17.1. The van der Waals surface area contributed by atoms with E-state index in [9.17, 15) is 8.78 Å². The third kappa shape index (κ3) is 5.59. The molecule has 0 fully saturated rings. The van der Waals surface area contributed by atoms with Crippen molar-refractivity contribution in [3.05, 3.63) is 71.3 Å². The van der Waals surface area contributed by atoms with E-state index in [1.165, 1.54) is 12.1 Å². The number of hydrogen-bond donors (Lipinski definition) is 2. The van der Waals surface area contributed by atoms with Gasteiger partial charge < -0.3 is 10.9 Å². The van der Waals surface area contributed by atoms with E-state index in [2.05, 4.69) is 5.16 Å². The molecule has 0 spiro atoms. The summed E-state index contributed by atoms with van der Waals surface area (Å²) < 4.78 is 25.5. The van der Waals surface area contributed by atoms with Crippen molar-refractivity contribution in [3.63, 3.8) is 0 Å². The average molecular weight is 303 g/mol. The van der Waals surface area contributed by atoms with Gasteiger partial charge >= 0.3 is 0 Å². The van der Waals surface area contributed by atoms with E-state index < -0.39 is 0 Å². The molecule has 2 rings (SSSR count). The van der Waals surface area contributed by atoms with Crippen LogP contribution in [0.2, 0.25) is 0 Å². The van der Waals surface area contributed by atoms with E-state index in [0.717, 1.165) is 0 Å². The summed E-state index contributed by atoms with van der Waals surface area (Å²) in [5.74, 6) is -0.645. The zero-order valence-electron chi connectivity index (χ0n) is 11.7. The maximum Gasteiger partial charge on any atom is 0.143 e. The van der Waals surface area contributed by atoms with E-state index in [0.29, 0.717) is 11.1 Å². The van der Waals surface area contributed by atoms with Crippen LogP contribution in [0.5, 0.6) is 0 Å². The van der Waals surface area contributed by atoms with Gasteiger partial charge in [0.05, 0.1) is 12.5 Å². The number of amidine groups is 1. The van der Waals surface area contributed by atoms with E-state index in [1.54, 1.807) is 36.4 Å². The van der Waals surface area contributed by atoms with Gasteiger partial charge in [-0.25, -0.2) is 8.78 Å². The highest BCUT2D eigenvalue weighted by Crippen LogP contribution is 2.06. The van der Waals surface area contributed by atoms with Gasteiger partial charge in [-0.1, -0.05) is 41.6 Å². The molecule has 6 heteroatoms. The Morgan fingerprint density at radius 1 is 1.05 bits per heavy atom. The Morgan fingerprint density at radius 2 is 1.55 bits per heavy atom. The SMILES string of the molecule is N#CCc1ccccc1F.NC(Cc1ccccc1F)=NO. The Bertz CT molecular complexity index is 681. The first-order valence-electron chi connectivity index (χ1n) is 6.38. The highest BCUT2D eigenvalue weighted by atomic mass is 19.1. The largest absolute Gasteiger partial charge is 0.409 e. The summed E-state index contributed by atoms with van der Waals surface area (Å²) >= 11 is 0. The molecule has 3 N–H and O–H groups in total. The van der Waals surface area contributed by atoms with Crippen molar-refractivity contribution in [3.8, 4) is 6.07 Å². The molecule has 4 nitrogen and oxygen atoms in total. The number of nitrogens with zero attached hydrogens (tertiary/aromatic N) is 2. The Hall–Kier alpha value is -2.94. The molecular weight excluding hydrogens is 288 g/mol. The lowest BCUT2D eigenvalue weighted by Crippen LogP contribution is -2.15. The molecular formula is C16H15F2N3O. The Kier molecular flexibility index (Phi) is 7.06. The standard InChI is InChI=1S/C8H9FN2O.C8H6FN/c9-7-4-2-1-3-6(7)5-8(10)11-12;9-8-4-2-1-3-7(8)5-6-10/h1-4,12H,5H2,(H2,10,11);1-4H,5H2. The summed E-state index contributed by atoms with van der Waals surface area (Å²) in [5.41, 5.74) is 6.09. The van der Waals surface area contributed by atoms with Crippen molar-refractivity contribution >= 4 is 5.84 Å². The second-order valence-corrected chi connectivity index (χ2v) is 4.29. The van der Waals surface area contributed by atoms with Crippen molar-refractivity contribution in [2.24, 2.45) is 10.9 Å². The number of halogens is 2. The van der Waals surface area contributed by atoms with Crippen molar-refractivity contribution in [1.29, 1.82) is 5.26 Å². The van der Waals surface area contributed by atoms with Crippen LogP contribution in [0.1, 0.15) is 11.1 Å². The van der Waals surface area contributed by atoms with Crippen LogP contribution in [0, 0.1) is 23.0 Å². The molecule has 0 aliphatic rings. The summed E-state index contributed by atoms with van der Waals surface area (Å²) in [6.45, 7) is 0. The molecule has 22 heavy (non-hydrogen) atoms. The van der Waals surface area contributed by atoms with Crippen LogP contribution in [0.25, 0.3) is 0 Å². The van der Waals surface area contributed by atoms with Gasteiger partial charge in [-0.05, 0) is 17.7 Å². The highest BCUT2D eigenvalue weighted by molar-refractivity contribution is 5.82. The van der Waals surface area contributed by atoms with Crippen molar-refractivity contribution in [2.45, 2.75) is 12.8 Å². The second-order valence-electron chi connectivity index (χ2n) is 4.29. The monoisotopic (exact) mass is 303 g/mol. The van der Waals surface area contributed by atoms with Crippen LogP contribution in [0.4, 0.5) is 8.78 Å². The molecule has 2 aromatic rings. The maximum atomic E-state index is 12.9. The molecule has 0 radical (unpaired) electrons. The fraction of sp³-hybridized carbons (Fsp3) is 0.125. The molecule has 2 aromatic carbocycles. The minimum absolute atomic E-state index is 0.0000926. The third-order valence-corrected chi connectivity index (χ3v) is 2.69. The second kappa shape index (κ2) is 9.08. The van der Waals surface area contributed by atoms with E-state index in [4.69, 9.17) is 16.2 Å². The lowest BCUT2D eigenvalue weighted by Gasteiger charge is -1.99. The predicted octanol–water partition coefficient (Wildman–Crippen LogP) is 3.01. The fourth-order valence-corrected chi connectivity index (χ4v) is 1.60. The van der Waals surface area contributed by atoms with E-state index in [-0.39, 0.29) is 30.3 Å². The topological polar surface area (TPSA) is 82.4 Å². The maximum absolute atomic E-state index is 12.9. The summed E-state index contributed by atoms with van der Waals surface area (Å²) in [7, 11) is 0. The highest BCUT2D eigenvalue weighted by Gasteiger charge is 2.02. The summed E-state index contributed by atoms with van der Waals surface area (Å²) in [5, 5.41) is 19.2. The van der Waals surface area contributed by atoms with Crippen LogP contribution >= 0.6 is 0 Å². The number of benzene rings is 2. The molecule has 0 aliphatic carbocycles. The fourth-order valence-electron chi connectivity index (χ4n) is 1.60. The van der Waals surface area contributed by atoms with E-state index >= 15 is 0 Å². The van der Waals surface area contributed by atoms with Gasteiger partial charge in [0, 0.05) is 12.0 Å². The number of oxime groups is 1. The zero-order chi connectivity index (χ0) is 16.4. The molecule has 114 valence electrons. The first-order valence-corrected chi connectivity index (χ1v) is 6.38. The number of hydrogen-bond acceptors (Lipinski definition) is 3. The average Bonchev–Trinajstić information content (AvgIpc) is 2.52. The molecule has 0 heterocycles.